The zero-order valence-electron chi connectivity index (χ0n) is 10.2. The number of carboxylic acids is 1. The van der Waals surface area contributed by atoms with Crippen molar-refractivity contribution < 1.29 is 9.90 Å². The van der Waals surface area contributed by atoms with E-state index in [4.69, 9.17) is 5.11 Å². The van der Waals surface area contributed by atoms with Crippen molar-refractivity contribution in [2.75, 3.05) is 0 Å². The molecule has 0 aliphatic carbocycles. The third kappa shape index (κ3) is 2.32. The minimum Gasteiger partial charge on any atom is -0.478 e. The number of hydrogen-bond donors (Lipinski definition) is 2. The van der Waals surface area contributed by atoms with Crippen LogP contribution < -0.4 is 5.56 Å². The summed E-state index contributed by atoms with van der Waals surface area (Å²) in [6.45, 7) is 3.86. The lowest BCUT2D eigenvalue weighted by Gasteiger charge is -2.07. The van der Waals surface area contributed by atoms with Crippen molar-refractivity contribution in [1.82, 2.24) is 4.98 Å². The lowest BCUT2D eigenvalue weighted by molar-refractivity contribution is 0.0696. The quantitative estimate of drug-likeness (QED) is 0.850. The molecule has 2 rings (SSSR count). The van der Waals surface area contributed by atoms with Gasteiger partial charge in [-0.3, -0.25) is 4.79 Å². The van der Waals surface area contributed by atoms with Crippen molar-refractivity contribution in [3.63, 3.8) is 0 Å². The number of aromatic carboxylic acids is 1. The lowest BCUT2D eigenvalue weighted by Crippen LogP contribution is -2.10. The number of H-pyrrole nitrogens is 1. The fourth-order valence-corrected chi connectivity index (χ4v) is 1.84. The van der Waals surface area contributed by atoms with Crippen LogP contribution in [0.2, 0.25) is 0 Å². The maximum atomic E-state index is 11.5. The molecule has 18 heavy (non-hydrogen) atoms. The van der Waals surface area contributed by atoms with Crippen molar-refractivity contribution >= 4 is 5.97 Å². The highest BCUT2D eigenvalue weighted by atomic mass is 16.4. The van der Waals surface area contributed by atoms with Crippen molar-refractivity contribution in [3.8, 4) is 11.3 Å². The van der Waals surface area contributed by atoms with Crippen molar-refractivity contribution in [2.45, 2.75) is 13.8 Å². The zero-order valence-corrected chi connectivity index (χ0v) is 10.2. The third-order valence-corrected chi connectivity index (χ3v) is 2.77. The fourth-order valence-electron chi connectivity index (χ4n) is 1.84. The van der Waals surface area contributed by atoms with Gasteiger partial charge in [-0.2, -0.15) is 0 Å². The minimum absolute atomic E-state index is 0.00495. The molecule has 1 aromatic heterocycles. The predicted molar refractivity (Wildman–Crippen MR) is 68.9 cm³/mol. The van der Waals surface area contributed by atoms with Crippen LogP contribution in [0, 0.1) is 13.8 Å². The molecule has 0 spiro atoms. The van der Waals surface area contributed by atoms with E-state index in [2.05, 4.69) is 4.98 Å². The second-order valence-corrected chi connectivity index (χ2v) is 4.27. The van der Waals surface area contributed by atoms with Gasteiger partial charge >= 0.3 is 5.97 Å². The van der Waals surface area contributed by atoms with Gasteiger partial charge in [-0.25, -0.2) is 4.79 Å². The van der Waals surface area contributed by atoms with Crippen LogP contribution in [0.4, 0.5) is 0 Å². The molecule has 2 N–H and O–H groups in total. The Kier molecular flexibility index (Phi) is 3.02. The molecule has 92 valence electrons. The standard InChI is InChI=1S/C14H13NO3/c1-8-3-4-9(2)11(5-8)12-6-10(14(17)18)7-13(16)15-12/h3-7H,1-2H3,(H,15,16)(H,17,18). The highest BCUT2D eigenvalue weighted by Gasteiger charge is 2.09. The summed E-state index contributed by atoms with van der Waals surface area (Å²) in [4.78, 5) is 25.1. The molecule has 2 aromatic rings. The summed E-state index contributed by atoms with van der Waals surface area (Å²) in [5.41, 5.74) is 2.99. The normalized spacial score (nSPS) is 10.3. The molecule has 0 unspecified atom stereocenters. The molecule has 0 saturated carbocycles. The first-order valence-corrected chi connectivity index (χ1v) is 5.52. The Morgan fingerprint density at radius 2 is 1.89 bits per heavy atom. The minimum atomic E-state index is -1.10. The van der Waals surface area contributed by atoms with Crippen LogP contribution in [-0.4, -0.2) is 16.1 Å². The molecule has 0 amide bonds. The molecule has 1 aromatic carbocycles. The summed E-state index contributed by atoms with van der Waals surface area (Å²) in [6.07, 6.45) is 0. The smallest absolute Gasteiger partial charge is 0.335 e. The van der Waals surface area contributed by atoms with Gasteiger partial charge < -0.3 is 10.1 Å². The molecule has 1 heterocycles. The molecule has 0 saturated heterocycles. The number of rotatable bonds is 2. The second kappa shape index (κ2) is 4.49. The van der Waals surface area contributed by atoms with E-state index in [1.54, 1.807) is 0 Å². The number of aromatic amines is 1. The van der Waals surface area contributed by atoms with Crippen molar-refractivity contribution in [2.24, 2.45) is 0 Å². The monoisotopic (exact) mass is 243 g/mol. The van der Waals surface area contributed by atoms with Gasteiger partial charge in [-0.05, 0) is 31.5 Å². The highest BCUT2D eigenvalue weighted by molar-refractivity contribution is 5.88. The van der Waals surface area contributed by atoms with Crippen molar-refractivity contribution in [3.05, 3.63) is 57.4 Å². The number of benzene rings is 1. The molecule has 0 bridgehead atoms. The number of pyridine rings is 1. The van der Waals surface area contributed by atoms with Gasteiger partial charge in [0, 0.05) is 17.3 Å². The summed E-state index contributed by atoms with van der Waals surface area (Å²) in [5, 5.41) is 8.95. The number of carbonyl (C=O) groups is 1. The van der Waals surface area contributed by atoms with E-state index in [-0.39, 0.29) is 5.56 Å². The molecular weight excluding hydrogens is 230 g/mol. The lowest BCUT2D eigenvalue weighted by atomic mass is 10.0. The molecule has 0 aliphatic rings. The third-order valence-electron chi connectivity index (χ3n) is 2.77. The largest absolute Gasteiger partial charge is 0.478 e. The Morgan fingerprint density at radius 1 is 1.17 bits per heavy atom. The maximum Gasteiger partial charge on any atom is 0.335 e. The molecular formula is C14H13NO3. The molecule has 0 fully saturated rings. The van der Waals surface area contributed by atoms with Gasteiger partial charge in [0.15, 0.2) is 0 Å². The summed E-state index contributed by atoms with van der Waals surface area (Å²) >= 11 is 0. The number of aromatic nitrogens is 1. The van der Waals surface area contributed by atoms with Gasteiger partial charge in [0.2, 0.25) is 5.56 Å². The Balaban J connectivity index is 2.67. The van der Waals surface area contributed by atoms with E-state index in [0.29, 0.717) is 5.69 Å². The van der Waals surface area contributed by atoms with E-state index >= 15 is 0 Å². The van der Waals surface area contributed by atoms with Gasteiger partial charge in [0.05, 0.1) is 5.56 Å². The van der Waals surface area contributed by atoms with E-state index in [1.807, 2.05) is 32.0 Å². The van der Waals surface area contributed by atoms with Gasteiger partial charge in [0.1, 0.15) is 0 Å². The molecule has 0 radical (unpaired) electrons. The molecule has 4 heteroatoms. The van der Waals surface area contributed by atoms with Crippen LogP contribution in [0.5, 0.6) is 0 Å². The van der Waals surface area contributed by atoms with Crippen LogP contribution >= 0.6 is 0 Å². The fraction of sp³-hybridized carbons (Fsp3) is 0.143. The Morgan fingerprint density at radius 3 is 2.56 bits per heavy atom. The van der Waals surface area contributed by atoms with Gasteiger partial charge in [-0.15, -0.1) is 0 Å². The molecule has 0 aliphatic heterocycles. The summed E-state index contributed by atoms with van der Waals surface area (Å²) in [7, 11) is 0. The topological polar surface area (TPSA) is 70.2 Å². The summed E-state index contributed by atoms with van der Waals surface area (Å²) in [6, 6.07) is 8.39. The molecule has 0 atom stereocenters. The number of hydrogen-bond acceptors (Lipinski definition) is 2. The van der Waals surface area contributed by atoms with E-state index < -0.39 is 11.5 Å². The average Bonchev–Trinajstić information content (AvgIpc) is 2.31. The van der Waals surface area contributed by atoms with Crippen LogP contribution in [0.25, 0.3) is 11.3 Å². The van der Waals surface area contributed by atoms with Crippen LogP contribution in [0.1, 0.15) is 21.5 Å². The average molecular weight is 243 g/mol. The number of aryl methyl sites for hydroxylation is 2. The van der Waals surface area contributed by atoms with Gasteiger partial charge in [0.25, 0.3) is 0 Å². The van der Waals surface area contributed by atoms with E-state index in [1.165, 1.54) is 6.07 Å². The van der Waals surface area contributed by atoms with E-state index in [0.717, 1.165) is 22.8 Å². The predicted octanol–water partition coefficient (Wildman–Crippen LogP) is 2.36. The Labute approximate surface area is 104 Å². The first-order valence-electron chi connectivity index (χ1n) is 5.52. The van der Waals surface area contributed by atoms with Crippen LogP contribution in [0.3, 0.4) is 0 Å². The number of carboxylic acid groups (broad SMARTS) is 1. The highest BCUT2D eigenvalue weighted by Crippen LogP contribution is 2.22. The SMILES string of the molecule is Cc1ccc(C)c(-c2cc(C(=O)O)cc(=O)[nH]2)c1. The van der Waals surface area contributed by atoms with E-state index in [9.17, 15) is 9.59 Å². The number of nitrogens with one attached hydrogen (secondary N) is 1. The van der Waals surface area contributed by atoms with Gasteiger partial charge in [-0.1, -0.05) is 17.7 Å². The van der Waals surface area contributed by atoms with Crippen LogP contribution in [0.15, 0.2) is 35.1 Å². The van der Waals surface area contributed by atoms with Crippen LogP contribution in [-0.2, 0) is 0 Å². The Hall–Kier alpha value is -2.36. The first-order chi connectivity index (χ1) is 8.47. The van der Waals surface area contributed by atoms with Crippen molar-refractivity contribution in [1.29, 1.82) is 0 Å². The maximum absolute atomic E-state index is 11.5. The first kappa shape index (κ1) is 12.1. The Bertz CT molecular complexity index is 671. The zero-order chi connectivity index (χ0) is 13.3. The molecule has 4 nitrogen and oxygen atoms in total. The second-order valence-electron chi connectivity index (χ2n) is 4.27. The summed E-state index contributed by atoms with van der Waals surface area (Å²) < 4.78 is 0. The summed E-state index contributed by atoms with van der Waals surface area (Å²) in [5.74, 6) is -1.10.